The Kier molecular flexibility index (Phi) is 5.78. The van der Waals surface area contributed by atoms with Gasteiger partial charge in [0.2, 0.25) is 0 Å². The lowest BCUT2D eigenvalue weighted by molar-refractivity contribution is -0.0348. The number of hydrogen-bond acceptors (Lipinski definition) is 7. The maximum absolute atomic E-state index is 11.9. The van der Waals surface area contributed by atoms with Crippen LogP contribution in [0.4, 0.5) is 0 Å². The molecule has 7 unspecified atom stereocenters. The Morgan fingerprint density at radius 1 is 1.19 bits per heavy atom. The van der Waals surface area contributed by atoms with Crippen molar-refractivity contribution in [2.24, 2.45) is 0 Å². The number of ether oxygens (including phenoxy) is 2. The van der Waals surface area contributed by atoms with Gasteiger partial charge in [-0.05, 0) is 13.8 Å². The summed E-state index contributed by atoms with van der Waals surface area (Å²) in [7, 11) is -4.30. The standard InChI is InChI=1S/C12H23O8P/c1-7-3-9(14)12(19-7)6-17-21(15,16)20-10-4-8(2)18-11(10)5-13/h7-14H,3-6H2,1-2H3,(H,15,16). The van der Waals surface area contributed by atoms with Crippen LogP contribution >= 0.6 is 7.82 Å². The smallest absolute Gasteiger partial charge is 0.394 e. The fraction of sp³-hybridized carbons (Fsp3) is 1.00. The Hall–Kier alpha value is -0.0500. The van der Waals surface area contributed by atoms with E-state index in [9.17, 15) is 14.6 Å². The molecule has 2 fully saturated rings. The maximum atomic E-state index is 11.9. The molecular formula is C12H23O8P. The van der Waals surface area contributed by atoms with Gasteiger partial charge in [-0.25, -0.2) is 4.57 Å². The van der Waals surface area contributed by atoms with E-state index in [1.54, 1.807) is 13.8 Å². The van der Waals surface area contributed by atoms with Crippen LogP contribution in [0.1, 0.15) is 26.7 Å². The van der Waals surface area contributed by atoms with E-state index in [-0.39, 0.29) is 25.4 Å². The summed E-state index contributed by atoms with van der Waals surface area (Å²) in [6.45, 7) is 3.07. The molecule has 2 aliphatic rings. The highest BCUT2D eigenvalue weighted by Crippen LogP contribution is 2.47. The predicted octanol–water partition coefficient (Wildman–Crippen LogP) is 0.197. The van der Waals surface area contributed by atoms with Crippen molar-refractivity contribution in [2.75, 3.05) is 13.2 Å². The molecule has 2 saturated heterocycles. The molecule has 0 aliphatic carbocycles. The molecular weight excluding hydrogens is 303 g/mol. The second-order valence-electron chi connectivity index (χ2n) is 5.60. The first kappa shape index (κ1) is 17.3. The van der Waals surface area contributed by atoms with Gasteiger partial charge in [-0.1, -0.05) is 0 Å². The topological polar surface area (TPSA) is 115 Å². The molecule has 0 saturated carbocycles. The monoisotopic (exact) mass is 326 g/mol. The van der Waals surface area contributed by atoms with Crippen molar-refractivity contribution in [3.05, 3.63) is 0 Å². The summed E-state index contributed by atoms with van der Waals surface area (Å²) in [6.07, 6.45) is -2.12. The lowest BCUT2D eigenvalue weighted by Gasteiger charge is -2.21. The summed E-state index contributed by atoms with van der Waals surface area (Å²) in [6, 6.07) is 0. The molecule has 21 heavy (non-hydrogen) atoms. The van der Waals surface area contributed by atoms with Gasteiger partial charge in [-0.3, -0.25) is 9.05 Å². The number of aliphatic hydroxyl groups is 2. The van der Waals surface area contributed by atoms with Gasteiger partial charge >= 0.3 is 7.82 Å². The number of rotatable bonds is 6. The Morgan fingerprint density at radius 3 is 2.38 bits per heavy atom. The molecule has 3 N–H and O–H groups in total. The largest absolute Gasteiger partial charge is 0.472 e. The van der Waals surface area contributed by atoms with E-state index in [4.69, 9.17) is 23.6 Å². The zero-order chi connectivity index (χ0) is 15.6. The van der Waals surface area contributed by atoms with E-state index in [2.05, 4.69) is 0 Å². The lowest BCUT2D eigenvalue weighted by Crippen LogP contribution is -2.29. The van der Waals surface area contributed by atoms with Gasteiger partial charge in [-0.2, -0.15) is 0 Å². The maximum Gasteiger partial charge on any atom is 0.472 e. The van der Waals surface area contributed by atoms with Gasteiger partial charge in [0.1, 0.15) is 18.3 Å². The predicted molar refractivity (Wildman–Crippen MR) is 71.6 cm³/mol. The molecule has 0 aromatic heterocycles. The van der Waals surface area contributed by atoms with Crippen molar-refractivity contribution in [1.82, 2.24) is 0 Å². The Morgan fingerprint density at radius 2 is 1.81 bits per heavy atom. The molecule has 0 bridgehead atoms. The minimum atomic E-state index is -4.30. The number of aliphatic hydroxyl groups excluding tert-OH is 2. The second-order valence-corrected chi connectivity index (χ2v) is 7.01. The van der Waals surface area contributed by atoms with E-state index in [0.717, 1.165) is 0 Å². The van der Waals surface area contributed by atoms with E-state index >= 15 is 0 Å². The van der Waals surface area contributed by atoms with Crippen molar-refractivity contribution < 1.29 is 38.2 Å². The SMILES string of the molecule is CC1CC(O)C(COP(=O)(O)OC2CC(C)OC2CO)O1. The zero-order valence-electron chi connectivity index (χ0n) is 12.1. The number of phosphoric ester groups is 1. The average molecular weight is 326 g/mol. The van der Waals surface area contributed by atoms with Crippen molar-refractivity contribution in [3.63, 3.8) is 0 Å². The molecule has 2 heterocycles. The molecule has 2 rings (SSSR count). The quantitative estimate of drug-likeness (QED) is 0.593. The van der Waals surface area contributed by atoms with Crippen LogP contribution in [-0.2, 0) is 23.1 Å². The molecule has 0 aromatic carbocycles. The van der Waals surface area contributed by atoms with Crippen LogP contribution in [0.3, 0.4) is 0 Å². The zero-order valence-corrected chi connectivity index (χ0v) is 13.0. The number of phosphoric acid groups is 1. The van der Waals surface area contributed by atoms with Crippen LogP contribution in [-0.4, -0.2) is 64.9 Å². The summed E-state index contributed by atoms with van der Waals surface area (Å²) < 4.78 is 32.6. The fourth-order valence-corrected chi connectivity index (χ4v) is 3.61. The van der Waals surface area contributed by atoms with Crippen LogP contribution < -0.4 is 0 Å². The molecule has 7 atom stereocenters. The van der Waals surface area contributed by atoms with Gasteiger partial charge in [0.05, 0.1) is 31.5 Å². The van der Waals surface area contributed by atoms with Crippen molar-refractivity contribution in [1.29, 1.82) is 0 Å². The normalized spacial score (nSPS) is 43.1. The van der Waals surface area contributed by atoms with Crippen LogP contribution in [0.25, 0.3) is 0 Å². The summed E-state index contributed by atoms with van der Waals surface area (Å²) in [5.74, 6) is 0. The molecule has 0 spiro atoms. The van der Waals surface area contributed by atoms with Gasteiger partial charge in [0.25, 0.3) is 0 Å². The van der Waals surface area contributed by atoms with Crippen LogP contribution in [0.2, 0.25) is 0 Å². The molecule has 9 heteroatoms. The molecule has 0 radical (unpaired) electrons. The summed E-state index contributed by atoms with van der Waals surface area (Å²) >= 11 is 0. The fourth-order valence-electron chi connectivity index (χ4n) is 2.65. The minimum absolute atomic E-state index is 0.115. The van der Waals surface area contributed by atoms with E-state index in [1.807, 2.05) is 0 Å². The lowest BCUT2D eigenvalue weighted by atomic mass is 10.1. The third-order valence-electron chi connectivity index (χ3n) is 3.65. The first-order valence-electron chi connectivity index (χ1n) is 7.06. The summed E-state index contributed by atoms with van der Waals surface area (Å²) in [4.78, 5) is 9.72. The van der Waals surface area contributed by atoms with Crippen LogP contribution in [0.15, 0.2) is 0 Å². The highest BCUT2D eigenvalue weighted by Gasteiger charge is 2.40. The molecule has 2 aliphatic heterocycles. The van der Waals surface area contributed by atoms with Gasteiger partial charge in [0, 0.05) is 12.8 Å². The summed E-state index contributed by atoms with van der Waals surface area (Å²) in [5.41, 5.74) is 0. The first-order chi connectivity index (χ1) is 9.80. The third kappa shape index (κ3) is 4.71. The molecule has 8 nitrogen and oxygen atoms in total. The average Bonchev–Trinajstić information content (AvgIpc) is 2.88. The van der Waals surface area contributed by atoms with E-state index < -0.39 is 32.2 Å². The van der Waals surface area contributed by atoms with Gasteiger partial charge in [-0.15, -0.1) is 0 Å². The highest BCUT2D eigenvalue weighted by atomic mass is 31.2. The van der Waals surface area contributed by atoms with Crippen molar-refractivity contribution >= 4 is 7.82 Å². The summed E-state index contributed by atoms with van der Waals surface area (Å²) in [5, 5.41) is 18.8. The van der Waals surface area contributed by atoms with Crippen molar-refractivity contribution in [3.8, 4) is 0 Å². The van der Waals surface area contributed by atoms with E-state index in [0.29, 0.717) is 12.8 Å². The highest BCUT2D eigenvalue weighted by molar-refractivity contribution is 7.47. The Bertz CT molecular complexity index is 391. The molecule has 0 amide bonds. The van der Waals surface area contributed by atoms with Crippen molar-refractivity contribution in [2.45, 2.75) is 63.3 Å². The van der Waals surface area contributed by atoms with Gasteiger partial charge in [0.15, 0.2) is 0 Å². The van der Waals surface area contributed by atoms with Crippen LogP contribution in [0.5, 0.6) is 0 Å². The van der Waals surface area contributed by atoms with E-state index in [1.165, 1.54) is 0 Å². The minimum Gasteiger partial charge on any atom is -0.394 e. The molecule has 124 valence electrons. The second kappa shape index (κ2) is 7.02. The Labute approximate surface area is 123 Å². The van der Waals surface area contributed by atoms with Crippen LogP contribution in [0, 0.1) is 0 Å². The third-order valence-corrected chi connectivity index (χ3v) is 4.66. The first-order valence-corrected chi connectivity index (χ1v) is 8.56. The van der Waals surface area contributed by atoms with Gasteiger partial charge < -0.3 is 24.6 Å². The Balaban J connectivity index is 1.83. The molecule has 0 aromatic rings. The number of hydrogen-bond donors (Lipinski definition) is 3.